The Morgan fingerprint density at radius 2 is 1.63 bits per heavy atom. The maximum atomic E-state index is 13.9. The molecule has 1 heterocycles. The number of carbonyl (C=O) groups is 1. The molecule has 0 bridgehead atoms. The van der Waals surface area contributed by atoms with Gasteiger partial charge in [0, 0.05) is 18.9 Å². The number of ether oxygens (including phenoxy) is 1. The van der Waals surface area contributed by atoms with E-state index in [1.807, 2.05) is 0 Å². The van der Waals surface area contributed by atoms with E-state index in [1.165, 1.54) is 0 Å². The average Bonchev–Trinajstić information content (AvgIpc) is 2.43. The topological polar surface area (TPSA) is 65.2 Å². The van der Waals surface area contributed by atoms with Crippen LogP contribution in [-0.2, 0) is 23.4 Å². The minimum atomic E-state index is -6.57. The molecular weight excluding hydrogens is 399 g/mol. The molecule has 0 aliphatic rings. The van der Waals surface area contributed by atoms with Crippen molar-refractivity contribution in [3.63, 3.8) is 0 Å². The fourth-order valence-corrected chi connectivity index (χ4v) is 2.10. The molecule has 0 unspecified atom stereocenters. The molecule has 0 fully saturated rings. The van der Waals surface area contributed by atoms with Crippen molar-refractivity contribution in [1.82, 2.24) is 4.98 Å². The molecule has 2 N–H and O–H groups in total. The fourth-order valence-electron chi connectivity index (χ4n) is 2.10. The Morgan fingerprint density at radius 1 is 1.11 bits per heavy atom. The van der Waals surface area contributed by atoms with Crippen LogP contribution in [-0.4, -0.2) is 24.1 Å². The molecule has 0 radical (unpaired) electrons. The van der Waals surface area contributed by atoms with Crippen LogP contribution in [0.4, 0.5) is 39.5 Å². The third-order valence-electron chi connectivity index (χ3n) is 3.07. The highest BCUT2D eigenvalue weighted by Crippen LogP contribution is 2.50. The zero-order chi connectivity index (χ0) is 21.4. The quantitative estimate of drug-likeness (QED) is 0.344. The first-order valence-electron chi connectivity index (χ1n) is 6.77. The minimum Gasteiger partial charge on any atom is -0.402 e. The van der Waals surface area contributed by atoms with Gasteiger partial charge in [0.1, 0.15) is 5.56 Å². The van der Waals surface area contributed by atoms with Gasteiger partial charge in [-0.1, -0.05) is 0 Å². The lowest BCUT2D eigenvalue weighted by atomic mass is 9.91. The van der Waals surface area contributed by atoms with Gasteiger partial charge >= 0.3 is 18.3 Å². The first kappa shape index (κ1) is 22.7. The number of nitrogens with two attached hydrogens (primary N) is 1. The fraction of sp³-hybridized carbons (Fsp3) is 0.429. The molecule has 1 aromatic rings. The molecule has 152 valence electrons. The van der Waals surface area contributed by atoms with Gasteiger partial charge in [0.25, 0.3) is 0 Å². The Hall–Kier alpha value is -2.31. The highest BCUT2D eigenvalue weighted by molar-refractivity contribution is 6.07. The van der Waals surface area contributed by atoms with E-state index in [2.05, 4.69) is 9.72 Å². The molecule has 1 rings (SSSR count). The Balaban J connectivity index is 4.19. The molecule has 0 spiro atoms. The molecule has 0 saturated heterocycles. The monoisotopic (exact) mass is 410 g/mol. The predicted molar refractivity (Wildman–Crippen MR) is 72.1 cm³/mol. The number of aromatic nitrogens is 1. The second-order valence-corrected chi connectivity index (χ2v) is 5.23. The van der Waals surface area contributed by atoms with Gasteiger partial charge in [0.2, 0.25) is 5.95 Å². The Morgan fingerprint density at radius 3 is 2.00 bits per heavy atom. The molecule has 1 aromatic heterocycles. The maximum absolute atomic E-state index is 13.9. The molecule has 4 nitrogen and oxygen atoms in total. The molecule has 27 heavy (non-hydrogen) atoms. The summed E-state index contributed by atoms with van der Waals surface area (Å²) in [4.78, 5) is 14.8. The Kier molecular flexibility index (Phi) is 6.20. The van der Waals surface area contributed by atoms with Crippen LogP contribution < -0.4 is 5.73 Å². The number of hydrogen-bond acceptors (Lipinski definition) is 4. The Labute approximate surface area is 145 Å². The third-order valence-corrected chi connectivity index (χ3v) is 3.07. The highest BCUT2D eigenvalue weighted by atomic mass is 19.4. The average molecular weight is 410 g/mol. The van der Waals surface area contributed by atoms with E-state index >= 15 is 0 Å². The van der Waals surface area contributed by atoms with Crippen molar-refractivity contribution in [3.05, 3.63) is 40.1 Å². The summed E-state index contributed by atoms with van der Waals surface area (Å²) in [5.74, 6) is -10.6. The number of allylic oxidation sites excluding steroid dienone is 2. The van der Waals surface area contributed by atoms with Crippen molar-refractivity contribution in [2.75, 3.05) is 7.11 Å². The number of rotatable bonds is 5. The van der Waals surface area contributed by atoms with E-state index in [1.54, 1.807) is 0 Å². The number of ketones is 1. The van der Waals surface area contributed by atoms with Gasteiger partial charge in [-0.3, -0.25) is 4.79 Å². The van der Waals surface area contributed by atoms with Crippen LogP contribution in [0.3, 0.4) is 0 Å². The van der Waals surface area contributed by atoms with Crippen LogP contribution >= 0.6 is 0 Å². The summed E-state index contributed by atoms with van der Waals surface area (Å²) in [6, 6.07) is 0. The van der Waals surface area contributed by atoms with E-state index in [0.717, 1.165) is 14.0 Å². The van der Waals surface area contributed by atoms with Crippen LogP contribution in [0.5, 0.6) is 0 Å². The number of pyridine rings is 1. The number of nitrogens with zero attached hydrogens (tertiary/aromatic N) is 1. The third kappa shape index (κ3) is 4.51. The highest BCUT2D eigenvalue weighted by Gasteiger charge is 2.63. The zero-order valence-corrected chi connectivity index (χ0v) is 13.5. The van der Waals surface area contributed by atoms with Gasteiger partial charge in [0.15, 0.2) is 5.78 Å². The first-order valence-corrected chi connectivity index (χ1v) is 6.77. The van der Waals surface area contributed by atoms with Crippen LogP contribution in [0.1, 0.15) is 34.1 Å². The van der Waals surface area contributed by atoms with Gasteiger partial charge in [-0.15, -0.1) is 0 Å². The van der Waals surface area contributed by atoms with E-state index in [4.69, 9.17) is 5.73 Å². The smallest absolute Gasteiger partial charge is 0.402 e. The zero-order valence-electron chi connectivity index (χ0n) is 13.5. The second kappa shape index (κ2) is 7.37. The van der Waals surface area contributed by atoms with Crippen LogP contribution in [0, 0.1) is 5.95 Å². The summed E-state index contributed by atoms with van der Waals surface area (Å²) < 4.78 is 124. The summed E-state index contributed by atoms with van der Waals surface area (Å²) in [6.07, 6.45) is -12.3. The molecular formula is C14H11F9N2O2. The minimum absolute atomic E-state index is 0.310. The van der Waals surface area contributed by atoms with Gasteiger partial charge < -0.3 is 10.5 Å². The lowest BCUT2D eigenvalue weighted by molar-refractivity contribution is -0.291. The van der Waals surface area contributed by atoms with Crippen molar-refractivity contribution < 1.29 is 49.0 Å². The van der Waals surface area contributed by atoms with Crippen LogP contribution in [0.2, 0.25) is 0 Å². The molecule has 13 heteroatoms. The van der Waals surface area contributed by atoms with Crippen molar-refractivity contribution in [3.8, 4) is 0 Å². The summed E-state index contributed by atoms with van der Waals surface area (Å²) in [5.41, 5.74) is -4.15. The molecule has 0 amide bonds. The van der Waals surface area contributed by atoms with Gasteiger partial charge in [-0.25, -0.2) is 4.98 Å². The van der Waals surface area contributed by atoms with E-state index < -0.39 is 64.7 Å². The molecule has 0 aliphatic carbocycles. The van der Waals surface area contributed by atoms with Crippen molar-refractivity contribution in [1.29, 1.82) is 0 Å². The standard InChI is InChI=1S/C14H11F9N2O2/c1-5(24)3-7(26)8-6(4-27-2)25-11(15)10(13(18,19)20)9(8)12(16,17)14(21,22)23/h3H,4,24H2,1-2H3/b5-3-. The molecule has 0 atom stereocenters. The SMILES string of the molecule is COCc1nc(F)c(C(F)(F)F)c(C(F)(F)C(F)(F)F)c1C(=O)/C=C(/C)N. The first-order chi connectivity index (χ1) is 12.1. The largest absolute Gasteiger partial charge is 0.458 e. The Bertz CT molecular complexity index is 763. The normalized spacial score (nSPS) is 13.8. The summed E-state index contributed by atoms with van der Waals surface area (Å²) in [7, 11) is 0.872. The van der Waals surface area contributed by atoms with Crippen molar-refractivity contribution in [2.45, 2.75) is 31.8 Å². The van der Waals surface area contributed by atoms with Crippen LogP contribution in [0.25, 0.3) is 0 Å². The maximum Gasteiger partial charge on any atom is 0.458 e. The summed E-state index contributed by atoms with van der Waals surface area (Å²) >= 11 is 0. The summed E-state index contributed by atoms with van der Waals surface area (Å²) in [5, 5.41) is 0. The van der Waals surface area contributed by atoms with Gasteiger partial charge in [-0.05, 0) is 6.92 Å². The van der Waals surface area contributed by atoms with Crippen LogP contribution in [0.15, 0.2) is 11.8 Å². The predicted octanol–water partition coefficient (Wildman–Crippen LogP) is 4.09. The lowest BCUT2D eigenvalue weighted by Gasteiger charge is -2.26. The number of alkyl halides is 8. The van der Waals surface area contributed by atoms with Gasteiger partial charge in [-0.2, -0.15) is 39.5 Å². The number of halogens is 9. The summed E-state index contributed by atoms with van der Waals surface area (Å²) in [6.45, 7) is 0.00557. The van der Waals surface area contributed by atoms with Gasteiger partial charge in [0.05, 0.1) is 23.4 Å². The number of carbonyl (C=O) groups excluding carboxylic acids is 1. The molecule has 0 aromatic carbocycles. The van der Waals surface area contributed by atoms with Crippen molar-refractivity contribution in [2.24, 2.45) is 5.73 Å². The molecule has 0 aliphatic heterocycles. The molecule has 0 saturated carbocycles. The van der Waals surface area contributed by atoms with E-state index in [9.17, 15) is 44.3 Å². The second-order valence-electron chi connectivity index (χ2n) is 5.23. The lowest BCUT2D eigenvalue weighted by Crippen LogP contribution is -2.38. The van der Waals surface area contributed by atoms with Crippen molar-refractivity contribution >= 4 is 5.78 Å². The van der Waals surface area contributed by atoms with E-state index in [-0.39, 0.29) is 0 Å². The number of hydrogen-bond donors (Lipinski definition) is 1. The van der Waals surface area contributed by atoms with E-state index in [0.29, 0.717) is 6.08 Å². The number of methoxy groups -OCH3 is 1.